The van der Waals surface area contributed by atoms with E-state index < -0.39 is 5.82 Å². The van der Waals surface area contributed by atoms with Crippen LogP contribution in [-0.2, 0) is 4.79 Å². The Morgan fingerprint density at radius 1 is 1.41 bits per heavy atom. The Morgan fingerprint density at radius 2 is 2.18 bits per heavy atom. The number of aromatic nitrogens is 1. The van der Waals surface area contributed by atoms with Gasteiger partial charge in [-0.2, -0.15) is 5.26 Å². The largest absolute Gasteiger partial charge is 0.363 e. The van der Waals surface area contributed by atoms with Crippen LogP contribution in [0, 0.1) is 24.1 Å². The highest BCUT2D eigenvalue weighted by atomic mass is 19.1. The summed E-state index contributed by atoms with van der Waals surface area (Å²) in [6.45, 7) is 1.87. The molecule has 1 heterocycles. The Kier molecular flexibility index (Phi) is 4.69. The van der Waals surface area contributed by atoms with Gasteiger partial charge in [-0.3, -0.25) is 4.79 Å². The predicted octanol–water partition coefficient (Wildman–Crippen LogP) is 2.48. The van der Waals surface area contributed by atoms with Gasteiger partial charge in [-0.1, -0.05) is 0 Å². The van der Waals surface area contributed by atoms with Crippen LogP contribution in [0.3, 0.4) is 0 Å². The number of hydrogen-bond acceptors (Lipinski definition) is 4. The van der Waals surface area contributed by atoms with Crippen molar-refractivity contribution in [2.24, 2.45) is 0 Å². The second-order valence-electron chi connectivity index (χ2n) is 4.90. The molecule has 5 nitrogen and oxygen atoms in total. The first-order valence-corrected chi connectivity index (χ1v) is 6.63. The van der Waals surface area contributed by atoms with Crippen LogP contribution in [0.4, 0.5) is 15.9 Å². The fraction of sp³-hybridized carbons (Fsp3) is 0.188. The summed E-state index contributed by atoms with van der Waals surface area (Å²) in [5.74, 6) is -0.383. The van der Waals surface area contributed by atoms with Gasteiger partial charge in [0.1, 0.15) is 11.6 Å². The first kappa shape index (κ1) is 15.4. The van der Waals surface area contributed by atoms with Crippen molar-refractivity contribution in [3.63, 3.8) is 0 Å². The van der Waals surface area contributed by atoms with Crippen LogP contribution in [0.2, 0.25) is 0 Å². The summed E-state index contributed by atoms with van der Waals surface area (Å²) >= 11 is 0. The van der Waals surface area contributed by atoms with E-state index in [1.807, 2.05) is 19.1 Å². The molecule has 0 saturated heterocycles. The van der Waals surface area contributed by atoms with Crippen LogP contribution in [0.15, 0.2) is 36.5 Å². The summed E-state index contributed by atoms with van der Waals surface area (Å²) in [4.78, 5) is 17.5. The second kappa shape index (κ2) is 6.68. The van der Waals surface area contributed by atoms with Crippen molar-refractivity contribution >= 4 is 17.4 Å². The fourth-order valence-corrected chi connectivity index (χ4v) is 1.97. The normalized spacial score (nSPS) is 9.91. The van der Waals surface area contributed by atoms with E-state index >= 15 is 0 Å². The molecule has 1 aromatic carbocycles. The third kappa shape index (κ3) is 3.79. The quantitative estimate of drug-likeness (QED) is 0.941. The molecule has 0 bridgehead atoms. The van der Waals surface area contributed by atoms with Crippen LogP contribution < -0.4 is 10.2 Å². The van der Waals surface area contributed by atoms with Crippen molar-refractivity contribution in [3.05, 3.63) is 53.5 Å². The molecule has 0 radical (unpaired) electrons. The highest BCUT2D eigenvalue weighted by Gasteiger charge is 2.12. The average molecular weight is 298 g/mol. The number of carbonyl (C=O) groups excluding carboxylic acids is 1. The van der Waals surface area contributed by atoms with E-state index in [0.717, 1.165) is 11.6 Å². The Morgan fingerprint density at radius 3 is 2.82 bits per heavy atom. The molecule has 112 valence electrons. The van der Waals surface area contributed by atoms with E-state index in [2.05, 4.69) is 10.3 Å². The number of anilines is 2. The van der Waals surface area contributed by atoms with Gasteiger partial charge in [0.15, 0.2) is 0 Å². The first-order valence-electron chi connectivity index (χ1n) is 6.63. The molecule has 1 N–H and O–H groups in total. The Balaban J connectivity index is 2.04. The Labute approximate surface area is 128 Å². The molecule has 0 aliphatic heterocycles. The van der Waals surface area contributed by atoms with Crippen molar-refractivity contribution in [1.82, 2.24) is 4.98 Å². The van der Waals surface area contributed by atoms with E-state index in [0.29, 0.717) is 5.82 Å². The predicted molar refractivity (Wildman–Crippen MR) is 82.0 cm³/mol. The van der Waals surface area contributed by atoms with E-state index in [9.17, 15) is 9.18 Å². The molecule has 0 fully saturated rings. The topological polar surface area (TPSA) is 69.0 Å². The zero-order valence-corrected chi connectivity index (χ0v) is 12.3. The van der Waals surface area contributed by atoms with Crippen LogP contribution >= 0.6 is 0 Å². The SMILES string of the molecule is Cc1ccnc(NC(=O)CN(C)c2ccc(C#N)cc2F)c1. The molecule has 0 saturated carbocycles. The third-order valence-corrected chi connectivity index (χ3v) is 3.05. The lowest BCUT2D eigenvalue weighted by molar-refractivity contribution is -0.114. The third-order valence-electron chi connectivity index (χ3n) is 3.05. The number of amides is 1. The van der Waals surface area contributed by atoms with Crippen molar-refractivity contribution in [2.75, 3.05) is 23.8 Å². The maximum Gasteiger partial charge on any atom is 0.245 e. The minimum atomic E-state index is -0.539. The molecule has 6 heteroatoms. The summed E-state index contributed by atoms with van der Waals surface area (Å²) < 4.78 is 13.9. The van der Waals surface area contributed by atoms with Gasteiger partial charge in [0.2, 0.25) is 5.91 Å². The number of halogens is 1. The van der Waals surface area contributed by atoms with Gasteiger partial charge >= 0.3 is 0 Å². The minimum absolute atomic E-state index is 0.0293. The number of nitriles is 1. The number of pyridine rings is 1. The lowest BCUT2D eigenvalue weighted by Crippen LogP contribution is -2.30. The number of rotatable bonds is 4. The molecule has 0 atom stereocenters. The van der Waals surface area contributed by atoms with Crippen LogP contribution in [0.1, 0.15) is 11.1 Å². The lowest BCUT2D eigenvalue weighted by Gasteiger charge is -2.19. The second-order valence-corrected chi connectivity index (χ2v) is 4.90. The Bertz CT molecular complexity index is 739. The number of benzene rings is 1. The molecular formula is C16H15FN4O. The van der Waals surface area contributed by atoms with Crippen LogP contribution in [0.25, 0.3) is 0 Å². The van der Waals surface area contributed by atoms with Crippen molar-refractivity contribution in [2.45, 2.75) is 6.92 Å². The maximum atomic E-state index is 13.9. The summed E-state index contributed by atoms with van der Waals surface area (Å²) in [5, 5.41) is 11.4. The number of aryl methyl sites for hydroxylation is 1. The number of hydrogen-bond donors (Lipinski definition) is 1. The van der Waals surface area contributed by atoms with Gasteiger partial charge < -0.3 is 10.2 Å². The summed E-state index contributed by atoms with van der Waals surface area (Å²) in [7, 11) is 1.60. The van der Waals surface area contributed by atoms with Crippen molar-refractivity contribution < 1.29 is 9.18 Å². The highest BCUT2D eigenvalue weighted by Crippen LogP contribution is 2.19. The lowest BCUT2D eigenvalue weighted by atomic mass is 10.2. The number of likely N-dealkylation sites (N-methyl/N-ethyl adjacent to an activating group) is 1. The molecule has 0 aliphatic rings. The number of carbonyl (C=O) groups is 1. The maximum absolute atomic E-state index is 13.9. The molecule has 0 spiro atoms. The minimum Gasteiger partial charge on any atom is -0.363 e. The van der Waals surface area contributed by atoms with E-state index in [1.165, 1.54) is 17.0 Å². The molecule has 22 heavy (non-hydrogen) atoms. The molecular weight excluding hydrogens is 283 g/mol. The monoisotopic (exact) mass is 298 g/mol. The molecule has 1 aromatic heterocycles. The first-order chi connectivity index (χ1) is 10.5. The summed E-state index contributed by atoms with van der Waals surface area (Å²) in [5.41, 5.74) is 1.48. The van der Waals surface area contributed by atoms with Gasteiger partial charge in [0.05, 0.1) is 23.9 Å². The number of nitrogens with one attached hydrogen (secondary N) is 1. The van der Waals surface area contributed by atoms with E-state index in [1.54, 1.807) is 19.3 Å². The highest BCUT2D eigenvalue weighted by molar-refractivity contribution is 5.93. The Hall–Kier alpha value is -2.94. The van der Waals surface area contributed by atoms with E-state index in [-0.39, 0.29) is 23.7 Å². The van der Waals surface area contributed by atoms with Gasteiger partial charge in [0.25, 0.3) is 0 Å². The summed E-state index contributed by atoms with van der Waals surface area (Å²) in [6.07, 6.45) is 1.61. The van der Waals surface area contributed by atoms with Crippen molar-refractivity contribution in [3.8, 4) is 6.07 Å². The standard InChI is InChI=1S/C16H15FN4O/c1-11-5-6-19-15(7-11)20-16(22)10-21(2)14-4-3-12(9-18)8-13(14)17/h3-8H,10H2,1-2H3,(H,19,20,22). The number of nitrogens with zero attached hydrogens (tertiary/aromatic N) is 3. The molecule has 2 aromatic rings. The van der Waals surface area contributed by atoms with Gasteiger partial charge in [0, 0.05) is 13.2 Å². The van der Waals surface area contributed by atoms with Crippen LogP contribution in [-0.4, -0.2) is 24.5 Å². The zero-order valence-electron chi connectivity index (χ0n) is 12.3. The van der Waals surface area contributed by atoms with Gasteiger partial charge in [-0.25, -0.2) is 9.37 Å². The average Bonchev–Trinajstić information content (AvgIpc) is 2.46. The molecule has 0 aliphatic carbocycles. The molecule has 0 unspecified atom stereocenters. The summed E-state index contributed by atoms with van der Waals surface area (Å²) in [6, 6.07) is 9.58. The van der Waals surface area contributed by atoms with Crippen molar-refractivity contribution in [1.29, 1.82) is 5.26 Å². The van der Waals surface area contributed by atoms with Gasteiger partial charge in [-0.05, 0) is 42.8 Å². The van der Waals surface area contributed by atoms with E-state index in [4.69, 9.17) is 5.26 Å². The molecule has 1 amide bonds. The van der Waals surface area contributed by atoms with Crippen LogP contribution in [0.5, 0.6) is 0 Å². The molecule has 2 rings (SSSR count). The fourth-order valence-electron chi connectivity index (χ4n) is 1.97. The smallest absolute Gasteiger partial charge is 0.245 e. The zero-order chi connectivity index (χ0) is 16.1. The van der Waals surface area contributed by atoms with Gasteiger partial charge in [-0.15, -0.1) is 0 Å².